The molecule has 0 aromatic carbocycles. The second kappa shape index (κ2) is 5.50. The van der Waals surface area contributed by atoms with E-state index in [0.717, 1.165) is 0 Å². The van der Waals surface area contributed by atoms with E-state index in [1.54, 1.807) is 6.92 Å². The molecule has 0 saturated carbocycles. The molecular weight excluding hydrogens is 188 g/mol. The van der Waals surface area contributed by atoms with E-state index in [0.29, 0.717) is 11.5 Å². The van der Waals surface area contributed by atoms with Gasteiger partial charge in [-0.25, -0.2) is 0 Å². The van der Waals surface area contributed by atoms with Gasteiger partial charge in [-0.05, 0) is 27.7 Å². The standard InChI is InChI=1S/C9H18O3S/c1-7(10)5-13-6-8(11)12-9(2,3)4/h7,10H,5-6H2,1-4H3/t7-/m0/s1. The molecule has 0 saturated heterocycles. The lowest BCUT2D eigenvalue weighted by molar-refractivity contribution is -0.151. The number of esters is 1. The predicted molar refractivity (Wildman–Crippen MR) is 54.9 cm³/mol. The highest BCUT2D eigenvalue weighted by Crippen LogP contribution is 2.10. The van der Waals surface area contributed by atoms with E-state index in [1.165, 1.54) is 11.8 Å². The van der Waals surface area contributed by atoms with Crippen LogP contribution in [0.15, 0.2) is 0 Å². The van der Waals surface area contributed by atoms with Crippen molar-refractivity contribution in [3.05, 3.63) is 0 Å². The molecule has 0 spiro atoms. The fourth-order valence-electron chi connectivity index (χ4n) is 0.684. The maximum absolute atomic E-state index is 11.1. The molecule has 0 bridgehead atoms. The van der Waals surface area contributed by atoms with Crippen LogP contribution in [0.3, 0.4) is 0 Å². The van der Waals surface area contributed by atoms with E-state index in [-0.39, 0.29) is 12.1 Å². The topological polar surface area (TPSA) is 46.5 Å². The van der Waals surface area contributed by atoms with Gasteiger partial charge < -0.3 is 9.84 Å². The molecule has 0 fully saturated rings. The third-order valence-corrected chi connectivity index (χ3v) is 2.16. The molecule has 78 valence electrons. The SMILES string of the molecule is C[C@H](O)CSCC(=O)OC(C)(C)C. The lowest BCUT2D eigenvalue weighted by Gasteiger charge is -2.19. The average molecular weight is 206 g/mol. The van der Waals surface area contributed by atoms with Crippen molar-refractivity contribution in [2.75, 3.05) is 11.5 Å². The lowest BCUT2D eigenvalue weighted by Crippen LogP contribution is -2.25. The van der Waals surface area contributed by atoms with Crippen molar-refractivity contribution < 1.29 is 14.6 Å². The fraction of sp³-hybridized carbons (Fsp3) is 0.889. The van der Waals surface area contributed by atoms with Gasteiger partial charge in [0.1, 0.15) is 5.60 Å². The molecule has 0 heterocycles. The Bertz CT molecular complexity index is 161. The van der Waals surface area contributed by atoms with Crippen LogP contribution in [0.1, 0.15) is 27.7 Å². The number of aliphatic hydroxyl groups excluding tert-OH is 1. The number of ether oxygens (including phenoxy) is 1. The number of thioether (sulfide) groups is 1. The second-order valence-corrected chi connectivity index (χ2v) is 4.98. The zero-order valence-electron chi connectivity index (χ0n) is 8.66. The van der Waals surface area contributed by atoms with Gasteiger partial charge >= 0.3 is 5.97 Å². The number of carbonyl (C=O) groups is 1. The van der Waals surface area contributed by atoms with Gasteiger partial charge in [0.2, 0.25) is 0 Å². The first-order chi connectivity index (χ1) is 5.81. The van der Waals surface area contributed by atoms with E-state index >= 15 is 0 Å². The Balaban J connectivity index is 3.53. The van der Waals surface area contributed by atoms with Crippen LogP contribution in [0.2, 0.25) is 0 Å². The van der Waals surface area contributed by atoms with Gasteiger partial charge in [0.05, 0.1) is 11.9 Å². The minimum absolute atomic E-state index is 0.224. The fourth-order valence-corrected chi connectivity index (χ4v) is 1.37. The van der Waals surface area contributed by atoms with E-state index in [9.17, 15) is 4.79 Å². The first-order valence-corrected chi connectivity index (χ1v) is 5.44. The number of hydrogen-bond acceptors (Lipinski definition) is 4. The summed E-state index contributed by atoms with van der Waals surface area (Å²) in [7, 11) is 0. The highest BCUT2D eigenvalue weighted by molar-refractivity contribution is 7.99. The van der Waals surface area contributed by atoms with Crippen molar-refractivity contribution in [1.29, 1.82) is 0 Å². The Kier molecular flexibility index (Phi) is 5.40. The highest BCUT2D eigenvalue weighted by atomic mass is 32.2. The molecule has 0 aliphatic rings. The molecule has 13 heavy (non-hydrogen) atoms. The van der Waals surface area contributed by atoms with Crippen molar-refractivity contribution in [2.24, 2.45) is 0 Å². The van der Waals surface area contributed by atoms with Crippen LogP contribution >= 0.6 is 11.8 Å². The molecule has 3 nitrogen and oxygen atoms in total. The number of aliphatic hydroxyl groups is 1. The summed E-state index contributed by atoms with van der Waals surface area (Å²) in [6.07, 6.45) is -0.368. The molecular formula is C9H18O3S. The second-order valence-electron chi connectivity index (χ2n) is 3.95. The molecule has 0 aliphatic heterocycles. The molecule has 0 rings (SSSR count). The third-order valence-electron chi connectivity index (χ3n) is 0.999. The minimum atomic E-state index is -0.414. The quantitative estimate of drug-likeness (QED) is 0.707. The van der Waals surface area contributed by atoms with E-state index in [1.807, 2.05) is 20.8 Å². The zero-order valence-corrected chi connectivity index (χ0v) is 9.48. The summed E-state index contributed by atoms with van der Waals surface area (Å²) < 4.78 is 5.08. The van der Waals surface area contributed by atoms with Crippen LogP contribution in [0.5, 0.6) is 0 Å². The largest absolute Gasteiger partial charge is 0.459 e. The Hall–Kier alpha value is -0.220. The molecule has 1 atom stereocenters. The van der Waals surface area contributed by atoms with E-state index < -0.39 is 5.60 Å². The number of rotatable bonds is 4. The van der Waals surface area contributed by atoms with Gasteiger partial charge in [-0.3, -0.25) is 4.79 Å². The summed E-state index contributed by atoms with van der Waals surface area (Å²) in [6.45, 7) is 7.21. The van der Waals surface area contributed by atoms with Crippen LogP contribution in [-0.2, 0) is 9.53 Å². The molecule has 1 N–H and O–H groups in total. The molecule has 0 unspecified atom stereocenters. The van der Waals surface area contributed by atoms with Gasteiger partial charge in [-0.1, -0.05) is 0 Å². The van der Waals surface area contributed by atoms with Crippen molar-refractivity contribution in [3.63, 3.8) is 0 Å². The first kappa shape index (κ1) is 12.8. The summed E-state index contributed by atoms with van der Waals surface area (Å²) in [5, 5.41) is 8.92. The Morgan fingerprint density at radius 3 is 2.46 bits per heavy atom. The van der Waals surface area contributed by atoms with Crippen molar-refractivity contribution in [1.82, 2.24) is 0 Å². The van der Waals surface area contributed by atoms with Crippen LogP contribution in [0.4, 0.5) is 0 Å². The summed E-state index contributed by atoms with van der Waals surface area (Å²) in [6, 6.07) is 0. The van der Waals surface area contributed by atoms with Gasteiger partial charge in [0.15, 0.2) is 0 Å². The molecule has 0 aromatic heterocycles. The van der Waals surface area contributed by atoms with Crippen molar-refractivity contribution >= 4 is 17.7 Å². The third kappa shape index (κ3) is 9.70. The number of hydrogen-bond donors (Lipinski definition) is 1. The number of carbonyl (C=O) groups excluding carboxylic acids is 1. The monoisotopic (exact) mass is 206 g/mol. The Labute approximate surface area is 83.9 Å². The Morgan fingerprint density at radius 1 is 1.54 bits per heavy atom. The highest BCUT2D eigenvalue weighted by Gasteiger charge is 2.15. The molecule has 0 aromatic rings. The van der Waals surface area contributed by atoms with Crippen LogP contribution in [-0.4, -0.2) is 34.3 Å². The molecule has 0 radical (unpaired) electrons. The zero-order chi connectivity index (χ0) is 10.5. The first-order valence-electron chi connectivity index (χ1n) is 4.29. The van der Waals surface area contributed by atoms with Crippen LogP contribution < -0.4 is 0 Å². The van der Waals surface area contributed by atoms with Crippen LogP contribution in [0, 0.1) is 0 Å². The maximum Gasteiger partial charge on any atom is 0.316 e. The molecule has 4 heteroatoms. The minimum Gasteiger partial charge on any atom is -0.459 e. The lowest BCUT2D eigenvalue weighted by atomic mass is 10.2. The Morgan fingerprint density at radius 2 is 2.08 bits per heavy atom. The average Bonchev–Trinajstić information content (AvgIpc) is 1.81. The van der Waals surface area contributed by atoms with Crippen molar-refractivity contribution in [2.45, 2.75) is 39.4 Å². The molecule has 0 aliphatic carbocycles. The summed E-state index contributed by atoms with van der Waals surface area (Å²) in [5.74, 6) is 0.652. The smallest absolute Gasteiger partial charge is 0.316 e. The van der Waals surface area contributed by atoms with Gasteiger partial charge in [0, 0.05) is 5.75 Å². The van der Waals surface area contributed by atoms with Crippen molar-refractivity contribution in [3.8, 4) is 0 Å². The van der Waals surface area contributed by atoms with Crippen LogP contribution in [0.25, 0.3) is 0 Å². The van der Waals surface area contributed by atoms with Gasteiger partial charge in [-0.2, -0.15) is 0 Å². The van der Waals surface area contributed by atoms with Gasteiger partial charge in [-0.15, -0.1) is 11.8 Å². The summed E-state index contributed by atoms with van der Waals surface area (Å²) in [4.78, 5) is 11.1. The normalized spacial score (nSPS) is 13.9. The summed E-state index contributed by atoms with van der Waals surface area (Å²) in [5.41, 5.74) is -0.414. The van der Waals surface area contributed by atoms with Gasteiger partial charge in [0.25, 0.3) is 0 Å². The van der Waals surface area contributed by atoms with E-state index in [4.69, 9.17) is 9.84 Å². The summed E-state index contributed by atoms with van der Waals surface area (Å²) >= 11 is 1.39. The predicted octanol–water partition coefficient (Wildman–Crippen LogP) is 1.44. The maximum atomic E-state index is 11.1. The van der Waals surface area contributed by atoms with E-state index in [2.05, 4.69) is 0 Å². The molecule has 0 amide bonds.